The summed E-state index contributed by atoms with van der Waals surface area (Å²) in [5.74, 6) is 1.09. The van der Waals surface area contributed by atoms with E-state index in [2.05, 4.69) is 4.98 Å². The number of nitrogens with zero attached hydrogens (tertiary/aromatic N) is 1. The second-order valence-corrected chi connectivity index (χ2v) is 4.67. The van der Waals surface area contributed by atoms with Gasteiger partial charge in [-0.2, -0.15) is 0 Å². The molecule has 0 aliphatic carbocycles. The van der Waals surface area contributed by atoms with Gasteiger partial charge in [0.25, 0.3) is 0 Å². The van der Waals surface area contributed by atoms with E-state index in [1.165, 1.54) is 6.20 Å². The third-order valence-corrected chi connectivity index (χ3v) is 2.70. The van der Waals surface area contributed by atoms with Crippen LogP contribution in [0.25, 0.3) is 0 Å². The summed E-state index contributed by atoms with van der Waals surface area (Å²) < 4.78 is 5.56. The van der Waals surface area contributed by atoms with Crippen molar-refractivity contribution in [3.63, 3.8) is 0 Å². The predicted molar refractivity (Wildman–Crippen MR) is 71.4 cm³/mol. The highest BCUT2D eigenvalue weighted by atomic mass is 35.5. The van der Waals surface area contributed by atoms with Crippen LogP contribution in [0.3, 0.4) is 0 Å². The van der Waals surface area contributed by atoms with Gasteiger partial charge in [-0.15, -0.1) is 0 Å². The molecule has 0 saturated carbocycles. The van der Waals surface area contributed by atoms with E-state index in [-0.39, 0.29) is 0 Å². The molecule has 1 heterocycles. The van der Waals surface area contributed by atoms with Crippen LogP contribution in [0.1, 0.15) is 18.7 Å². The van der Waals surface area contributed by atoms with Crippen molar-refractivity contribution in [1.82, 2.24) is 4.98 Å². The molecule has 0 amide bonds. The molecule has 0 radical (unpaired) electrons. The Morgan fingerprint density at radius 1 is 1.11 bits per heavy atom. The van der Waals surface area contributed by atoms with Gasteiger partial charge in [0.1, 0.15) is 11.5 Å². The highest BCUT2D eigenvalue weighted by Gasteiger charge is 2.04. The molecule has 0 fully saturated rings. The van der Waals surface area contributed by atoms with Gasteiger partial charge in [0, 0.05) is 10.0 Å². The van der Waals surface area contributed by atoms with Gasteiger partial charge in [-0.1, -0.05) is 23.2 Å². The van der Waals surface area contributed by atoms with E-state index in [4.69, 9.17) is 27.9 Å². The minimum atomic E-state index is -0.598. The van der Waals surface area contributed by atoms with Crippen LogP contribution >= 0.6 is 23.2 Å². The van der Waals surface area contributed by atoms with E-state index < -0.39 is 6.10 Å². The number of aliphatic hydroxyl groups is 1. The maximum atomic E-state index is 9.34. The first-order valence-electron chi connectivity index (χ1n) is 5.32. The van der Waals surface area contributed by atoms with Crippen LogP contribution in [0.2, 0.25) is 10.0 Å². The standard InChI is InChI=1S/C13H11Cl2NO2/c1-8(17)13-3-2-11(7-16-13)18-12-5-9(14)4-10(15)6-12/h2-8,17H,1H3/t8-/m1/s1. The van der Waals surface area contributed by atoms with Crippen LogP contribution in [-0.2, 0) is 0 Å². The van der Waals surface area contributed by atoms with E-state index in [1.807, 2.05) is 0 Å². The van der Waals surface area contributed by atoms with Crippen molar-refractivity contribution in [1.29, 1.82) is 0 Å². The van der Waals surface area contributed by atoms with Gasteiger partial charge in [-0.05, 0) is 37.3 Å². The zero-order chi connectivity index (χ0) is 13.1. The number of rotatable bonds is 3. The molecule has 94 valence electrons. The molecule has 3 nitrogen and oxygen atoms in total. The Morgan fingerprint density at radius 2 is 1.78 bits per heavy atom. The monoisotopic (exact) mass is 283 g/mol. The van der Waals surface area contributed by atoms with Crippen LogP contribution in [0.4, 0.5) is 0 Å². The Kier molecular flexibility index (Phi) is 4.07. The van der Waals surface area contributed by atoms with Gasteiger partial charge in [0.15, 0.2) is 0 Å². The van der Waals surface area contributed by atoms with E-state index in [0.29, 0.717) is 27.2 Å². The van der Waals surface area contributed by atoms with Gasteiger partial charge >= 0.3 is 0 Å². The van der Waals surface area contributed by atoms with Crippen molar-refractivity contribution in [2.45, 2.75) is 13.0 Å². The largest absolute Gasteiger partial charge is 0.456 e. The highest BCUT2D eigenvalue weighted by molar-refractivity contribution is 6.34. The Balaban J connectivity index is 2.18. The van der Waals surface area contributed by atoms with Crippen molar-refractivity contribution in [2.75, 3.05) is 0 Å². The molecule has 0 aliphatic rings. The number of halogens is 2. The van der Waals surface area contributed by atoms with Gasteiger partial charge in [-0.3, -0.25) is 4.98 Å². The summed E-state index contributed by atoms with van der Waals surface area (Å²) in [6.07, 6.45) is 0.941. The van der Waals surface area contributed by atoms with E-state index in [1.54, 1.807) is 37.3 Å². The molecule has 1 aromatic carbocycles. The van der Waals surface area contributed by atoms with Gasteiger partial charge in [0.05, 0.1) is 18.0 Å². The lowest BCUT2D eigenvalue weighted by Gasteiger charge is -2.08. The molecule has 0 unspecified atom stereocenters. The molecule has 1 aromatic heterocycles. The molecular formula is C13H11Cl2NO2. The normalized spacial score (nSPS) is 12.2. The van der Waals surface area contributed by atoms with Gasteiger partial charge in [-0.25, -0.2) is 0 Å². The summed E-state index contributed by atoms with van der Waals surface area (Å²) in [7, 11) is 0. The smallest absolute Gasteiger partial charge is 0.145 e. The Hall–Kier alpha value is -1.29. The molecule has 0 bridgehead atoms. The minimum absolute atomic E-state index is 0.506. The first-order chi connectivity index (χ1) is 8.54. The van der Waals surface area contributed by atoms with Crippen LogP contribution in [0.5, 0.6) is 11.5 Å². The summed E-state index contributed by atoms with van der Waals surface area (Å²) in [6, 6.07) is 8.38. The first-order valence-corrected chi connectivity index (χ1v) is 6.08. The molecule has 2 rings (SSSR count). The number of aliphatic hydroxyl groups excluding tert-OH is 1. The molecule has 0 saturated heterocycles. The number of aromatic nitrogens is 1. The fraction of sp³-hybridized carbons (Fsp3) is 0.154. The van der Waals surface area contributed by atoms with Crippen molar-refractivity contribution in [3.05, 3.63) is 52.3 Å². The lowest BCUT2D eigenvalue weighted by Crippen LogP contribution is -1.95. The van der Waals surface area contributed by atoms with E-state index >= 15 is 0 Å². The quantitative estimate of drug-likeness (QED) is 0.916. The lowest BCUT2D eigenvalue weighted by molar-refractivity contribution is 0.194. The van der Waals surface area contributed by atoms with Crippen LogP contribution < -0.4 is 4.74 Å². The fourth-order valence-electron chi connectivity index (χ4n) is 1.42. The van der Waals surface area contributed by atoms with Crippen molar-refractivity contribution >= 4 is 23.2 Å². The molecule has 1 N–H and O–H groups in total. The summed E-state index contributed by atoms with van der Waals surface area (Å²) >= 11 is 11.7. The molecule has 2 aromatic rings. The van der Waals surface area contributed by atoms with E-state index in [0.717, 1.165) is 0 Å². The number of ether oxygens (including phenoxy) is 1. The molecular weight excluding hydrogens is 273 g/mol. The second-order valence-electron chi connectivity index (χ2n) is 3.80. The molecule has 18 heavy (non-hydrogen) atoms. The zero-order valence-corrected chi connectivity index (χ0v) is 11.1. The molecule has 0 aliphatic heterocycles. The fourth-order valence-corrected chi connectivity index (χ4v) is 1.93. The maximum absolute atomic E-state index is 9.34. The van der Waals surface area contributed by atoms with Crippen LogP contribution in [-0.4, -0.2) is 10.1 Å². The number of hydrogen-bond acceptors (Lipinski definition) is 3. The van der Waals surface area contributed by atoms with Crippen LogP contribution in [0, 0.1) is 0 Å². The van der Waals surface area contributed by atoms with E-state index in [9.17, 15) is 5.11 Å². The summed E-state index contributed by atoms with van der Waals surface area (Å²) in [4.78, 5) is 4.08. The molecule has 5 heteroatoms. The van der Waals surface area contributed by atoms with Gasteiger partial charge in [0.2, 0.25) is 0 Å². The van der Waals surface area contributed by atoms with Crippen molar-refractivity contribution < 1.29 is 9.84 Å². The summed E-state index contributed by atoms with van der Waals surface area (Å²) in [6.45, 7) is 1.65. The Bertz CT molecular complexity index is 521. The highest BCUT2D eigenvalue weighted by Crippen LogP contribution is 2.28. The van der Waals surface area contributed by atoms with Crippen molar-refractivity contribution in [3.8, 4) is 11.5 Å². The number of hydrogen-bond donors (Lipinski definition) is 1. The third-order valence-electron chi connectivity index (χ3n) is 2.26. The maximum Gasteiger partial charge on any atom is 0.145 e. The summed E-state index contributed by atoms with van der Waals surface area (Å²) in [5.41, 5.74) is 0.589. The van der Waals surface area contributed by atoms with Crippen molar-refractivity contribution in [2.24, 2.45) is 0 Å². The average Bonchev–Trinajstić information content (AvgIpc) is 2.28. The van der Waals surface area contributed by atoms with Crippen LogP contribution in [0.15, 0.2) is 36.5 Å². The number of pyridine rings is 1. The molecule has 0 spiro atoms. The Morgan fingerprint density at radius 3 is 2.28 bits per heavy atom. The summed E-state index contributed by atoms with van der Waals surface area (Å²) in [5, 5.41) is 10.4. The zero-order valence-electron chi connectivity index (χ0n) is 9.60. The number of benzene rings is 1. The predicted octanol–water partition coefficient (Wildman–Crippen LogP) is 4.23. The first kappa shape index (κ1) is 13.1. The van der Waals surface area contributed by atoms with Gasteiger partial charge < -0.3 is 9.84 Å². The topological polar surface area (TPSA) is 42.4 Å². The molecule has 1 atom stereocenters. The average molecular weight is 284 g/mol. The minimum Gasteiger partial charge on any atom is -0.456 e. The Labute approximate surface area is 115 Å². The lowest BCUT2D eigenvalue weighted by atomic mass is 10.2. The third kappa shape index (κ3) is 3.35. The second kappa shape index (κ2) is 5.57. The SMILES string of the molecule is C[C@@H](O)c1ccc(Oc2cc(Cl)cc(Cl)c2)cn1.